The van der Waals surface area contributed by atoms with E-state index in [-0.39, 0.29) is 24.4 Å². The third kappa shape index (κ3) is 2.69. The van der Waals surface area contributed by atoms with Gasteiger partial charge in [0.1, 0.15) is 0 Å². The van der Waals surface area contributed by atoms with Gasteiger partial charge < -0.3 is 10.6 Å². The zero-order chi connectivity index (χ0) is 10.8. The van der Waals surface area contributed by atoms with Crippen molar-refractivity contribution in [3.63, 3.8) is 0 Å². The van der Waals surface area contributed by atoms with Crippen molar-refractivity contribution in [1.29, 1.82) is 0 Å². The van der Waals surface area contributed by atoms with Gasteiger partial charge in [0.05, 0.1) is 17.9 Å². The summed E-state index contributed by atoms with van der Waals surface area (Å²) in [6.45, 7) is 3.51. The molecule has 5 nitrogen and oxygen atoms in total. The van der Waals surface area contributed by atoms with Gasteiger partial charge in [0.25, 0.3) is 5.91 Å². The molecule has 2 heterocycles. The molecule has 1 fully saturated rings. The van der Waals surface area contributed by atoms with E-state index in [1.54, 1.807) is 0 Å². The first kappa shape index (κ1) is 13.3. The van der Waals surface area contributed by atoms with Crippen LogP contribution in [0, 0.1) is 5.92 Å². The number of hydrogen-bond donors (Lipinski definition) is 1. The molecule has 1 aromatic heterocycles. The van der Waals surface area contributed by atoms with Crippen LogP contribution in [0.15, 0.2) is 6.20 Å². The molecular formula is C9H15ClN4OS. The normalized spacial score (nSPS) is 21.6. The SMILES string of the molecule is CC(N)C1CCN(C(=O)c2cnsn2)C1.Cl. The molecule has 1 aromatic rings. The van der Waals surface area contributed by atoms with E-state index in [9.17, 15) is 4.79 Å². The van der Waals surface area contributed by atoms with Gasteiger partial charge in [-0.2, -0.15) is 8.75 Å². The average molecular weight is 263 g/mol. The van der Waals surface area contributed by atoms with Crippen molar-refractivity contribution in [2.75, 3.05) is 13.1 Å². The predicted molar refractivity (Wildman–Crippen MR) is 64.8 cm³/mol. The minimum atomic E-state index is -0.0214. The van der Waals surface area contributed by atoms with Gasteiger partial charge in [-0.25, -0.2) is 0 Å². The Morgan fingerprint density at radius 3 is 3.00 bits per heavy atom. The number of likely N-dealkylation sites (tertiary alicyclic amines) is 1. The molecule has 0 aliphatic carbocycles. The molecule has 2 rings (SSSR count). The summed E-state index contributed by atoms with van der Waals surface area (Å²) in [5, 5.41) is 0. The van der Waals surface area contributed by atoms with Crippen LogP contribution in [-0.2, 0) is 0 Å². The van der Waals surface area contributed by atoms with Gasteiger partial charge >= 0.3 is 0 Å². The van der Waals surface area contributed by atoms with Crippen molar-refractivity contribution in [1.82, 2.24) is 13.6 Å². The van der Waals surface area contributed by atoms with E-state index in [4.69, 9.17) is 5.73 Å². The van der Waals surface area contributed by atoms with Gasteiger partial charge in [-0.05, 0) is 19.3 Å². The summed E-state index contributed by atoms with van der Waals surface area (Å²) in [5.74, 6) is 0.396. The Morgan fingerprint density at radius 1 is 1.75 bits per heavy atom. The van der Waals surface area contributed by atoms with Crippen molar-refractivity contribution < 1.29 is 4.79 Å². The van der Waals surface area contributed by atoms with Crippen molar-refractivity contribution in [2.24, 2.45) is 11.7 Å². The second-order valence-electron chi connectivity index (χ2n) is 3.95. The summed E-state index contributed by atoms with van der Waals surface area (Å²) >= 11 is 1.06. The minimum Gasteiger partial charge on any atom is -0.337 e. The summed E-state index contributed by atoms with van der Waals surface area (Å²) in [6.07, 6.45) is 2.51. The van der Waals surface area contributed by atoms with Gasteiger partial charge in [0, 0.05) is 19.1 Å². The standard InChI is InChI=1S/C9H14N4OS.ClH/c1-6(10)7-2-3-13(5-7)9(14)8-4-11-15-12-8;/h4,6-7H,2-3,5,10H2,1H3;1H. The second kappa shape index (κ2) is 5.56. The maximum Gasteiger partial charge on any atom is 0.275 e. The van der Waals surface area contributed by atoms with E-state index in [1.165, 1.54) is 6.20 Å². The molecule has 1 amide bonds. The molecule has 1 aliphatic heterocycles. The number of nitrogens with zero attached hydrogens (tertiary/aromatic N) is 3. The highest BCUT2D eigenvalue weighted by atomic mass is 35.5. The number of rotatable bonds is 2. The zero-order valence-electron chi connectivity index (χ0n) is 9.00. The van der Waals surface area contributed by atoms with E-state index in [1.807, 2.05) is 11.8 Å². The topological polar surface area (TPSA) is 72.1 Å². The van der Waals surface area contributed by atoms with Crippen LogP contribution in [0.5, 0.6) is 0 Å². The van der Waals surface area contributed by atoms with E-state index in [2.05, 4.69) is 8.75 Å². The number of nitrogens with two attached hydrogens (primary N) is 1. The van der Waals surface area contributed by atoms with Crippen LogP contribution in [0.3, 0.4) is 0 Å². The maximum atomic E-state index is 11.9. The van der Waals surface area contributed by atoms with Crippen molar-refractivity contribution in [2.45, 2.75) is 19.4 Å². The van der Waals surface area contributed by atoms with Gasteiger partial charge in [-0.15, -0.1) is 12.4 Å². The molecule has 2 atom stereocenters. The van der Waals surface area contributed by atoms with E-state index >= 15 is 0 Å². The van der Waals surface area contributed by atoms with Crippen LogP contribution >= 0.6 is 24.1 Å². The third-order valence-electron chi connectivity index (χ3n) is 2.84. The Bertz CT molecular complexity index is 343. The Morgan fingerprint density at radius 2 is 2.50 bits per heavy atom. The van der Waals surface area contributed by atoms with E-state index in [0.717, 1.165) is 31.2 Å². The van der Waals surface area contributed by atoms with Gasteiger partial charge in [0.2, 0.25) is 0 Å². The fourth-order valence-electron chi connectivity index (χ4n) is 1.82. The molecule has 16 heavy (non-hydrogen) atoms. The molecule has 0 saturated carbocycles. The zero-order valence-corrected chi connectivity index (χ0v) is 10.6. The largest absolute Gasteiger partial charge is 0.337 e. The molecule has 0 bridgehead atoms. The lowest BCUT2D eigenvalue weighted by atomic mass is 10.0. The number of amides is 1. The first-order valence-corrected chi connectivity index (χ1v) is 5.74. The summed E-state index contributed by atoms with van der Waals surface area (Å²) in [7, 11) is 0. The summed E-state index contributed by atoms with van der Waals surface area (Å²) in [4.78, 5) is 13.7. The lowest BCUT2D eigenvalue weighted by Crippen LogP contribution is -2.33. The van der Waals surface area contributed by atoms with Crippen molar-refractivity contribution >= 4 is 30.0 Å². The van der Waals surface area contributed by atoms with Gasteiger partial charge in [-0.3, -0.25) is 4.79 Å². The minimum absolute atomic E-state index is 0. The molecule has 1 aliphatic rings. The molecular weight excluding hydrogens is 248 g/mol. The molecule has 1 saturated heterocycles. The lowest BCUT2D eigenvalue weighted by molar-refractivity contribution is 0.0781. The fourth-order valence-corrected chi connectivity index (χ4v) is 2.23. The first-order valence-electron chi connectivity index (χ1n) is 5.01. The third-order valence-corrected chi connectivity index (χ3v) is 3.31. The highest BCUT2D eigenvalue weighted by Crippen LogP contribution is 2.20. The number of carbonyl (C=O) groups is 1. The predicted octanol–water partition coefficient (Wildman–Crippen LogP) is 0.769. The molecule has 90 valence electrons. The van der Waals surface area contributed by atoms with Gasteiger partial charge in [0.15, 0.2) is 5.69 Å². The number of halogens is 1. The molecule has 7 heteroatoms. The van der Waals surface area contributed by atoms with Crippen LogP contribution in [0.25, 0.3) is 0 Å². The molecule has 0 aromatic carbocycles. The average Bonchev–Trinajstić information content (AvgIpc) is 2.88. The van der Waals surface area contributed by atoms with Crippen LogP contribution in [0.2, 0.25) is 0 Å². The molecule has 0 radical (unpaired) electrons. The Hall–Kier alpha value is -0.720. The number of hydrogen-bond acceptors (Lipinski definition) is 5. The monoisotopic (exact) mass is 262 g/mol. The summed E-state index contributed by atoms with van der Waals surface area (Å²) in [6, 6.07) is 0.149. The molecule has 0 spiro atoms. The molecule has 2 N–H and O–H groups in total. The lowest BCUT2D eigenvalue weighted by Gasteiger charge is -2.16. The van der Waals surface area contributed by atoms with E-state index in [0.29, 0.717) is 11.6 Å². The van der Waals surface area contributed by atoms with Crippen LogP contribution in [0.1, 0.15) is 23.8 Å². The second-order valence-corrected chi connectivity index (χ2v) is 4.51. The Balaban J connectivity index is 0.00000128. The van der Waals surface area contributed by atoms with Crippen LogP contribution in [-0.4, -0.2) is 38.7 Å². The van der Waals surface area contributed by atoms with Crippen molar-refractivity contribution in [3.05, 3.63) is 11.9 Å². The highest BCUT2D eigenvalue weighted by Gasteiger charge is 2.29. The van der Waals surface area contributed by atoms with Crippen LogP contribution in [0.4, 0.5) is 0 Å². The quantitative estimate of drug-likeness (QED) is 0.855. The smallest absolute Gasteiger partial charge is 0.275 e. The molecule has 2 unspecified atom stereocenters. The number of aromatic nitrogens is 2. The van der Waals surface area contributed by atoms with Gasteiger partial charge in [-0.1, -0.05) is 0 Å². The number of carbonyl (C=O) groups excluding carboxylic acids is 1. The summed E-state index contributed by atoms with van der Waals surface area (Å²) < 4.78 is 7.77. The Labute approximate surface area is 105 Å². The fraction of sp³-hybridized carbons (Fsp3) is 0.667. The maximum absolute atomic E-state index is 11.9. The Kier molecular flexibility index (Phi) is 4.64. The summed E-state index contributed by atoms with van der Waals surface area (Å²) in [5.41, 5.74) is 6.26. The highest BCUT2D eigenvalue weighted by molar-refractivity contribution is 6.99. The van der Waals surface area contributed by atoms with E-state index < -0.39 is 0 Å². The van der Waals surface area contributed by atoms with Crippen LogP contribution < -0.4 is 5.73 Å². The van der Waals surface area contributed by atoms with Crippen molar-refractivity contribution in [3.8, 4) is 0 Å². The first-order chi connectivity index (χ1) is 7.18.